The van der Waals surface area contributed by atoms with Crippen molar-refractivity contribution in [2.45, 2.75) is 31.8 Å². The van der Waals surface area contributed by atoms with Crippen LogP contribution in [0.4, 0.5) is 0 Å². The average Bonchev–Trinajstić information content (AvgIpc) is 2.28. The van der Waals surface area contributed by atoms with E-state index in [0.29, 0.717) is 29.4 Å². The number of aryl methyl sites for hydroxylation is 1. The number of aromatic hydroxyl groups is 1. The molecule has 0 atom stereocenters. The van der Waals surface area contributed by atoms with Crippen LogP contribution in [-0.4, -0.2) is 33.9 Å². The number of nitrogens with zero attached hydrogens (tertiary/aromatic N) is 2. The Morgan fingerprint density at radius 1 is 1.47 bits per heavy atom. The Kier molecular flexibility index (Phi) is 5.21. The lowest BCUT2D eigenvalue weighted by Gasteiger charge is -2.08. The largest absolute Gasteiger partial charge is 0.493 e. The van der Waals surface area contributed by atoms with E-state index in [2.05, 4.69) is 9.97 Å². The Bertz CT molecular complexity index is 387. The van der Waals surface area contributed by atoms with E-state index in [1.807, 2.05) is 6.26 Å². The van der Waals surface area contributed by atoms with Crippen LogP contribution in [0, 0.1) is 6.92 Å². The first-order chi connectivity index (χ1) is 8.08. The minimum absolute atomic E-state index is 0.0499. The number of esters is 1. The summed E-state index contributed by atoms with van der Waals surface area (Å²) in [6, 6.07) is 0. The molecule has 6 heteroatoms. The van der Waals surface area contributed by atoms with E-state index in [4.69, 9.17) is 4.74 Å². The standard InChI is InChI=1S/C11H16N2O3S/c1-4-16-9(14)6-5-8-7(2)12-11(17-3)13-10(8)15/h4-6H2,1-3H3,(H,12,13,15). The molecule has 1 N–H and O–H groups in total. The molecule has 5 nitrogen and oxygen atoms in total. The molecule has 0 radical (unpaired) electrons. The van der Waals surface area contributed by atoms with Gasteiger partial charge in [0.2, 0.25) is 5.88 Å². The summed E-state index contributed by atoms with van der Waals surface area (Å²) in [4.78, 5) is 19.4. The molecular weight excluding hydrogens is 240 g/mol. The number of hydrogen-bond acceptors (Lipinski definition) is 6. The first-order valence-corrected chi connectivity index (χ1v) is 6.57. The average molecular weight is 256 g/mol. The number of aromatic nitrogens is 2. The topological polar surface area (TPSA) is 72.3 Å². The normalized spacial score (nSPS) is 10.3. The number of ether oxygens (including phenoxy) is 1. The van der Waals surface area contributed by atoms with Crippen LogP contribution in [0.3, 0.4) is 0 Å². The molecule has 0 spiro atoms. The van der Waals surface area contributed by atoms with Gasteiger partial charge in [0.05, 0.1) is 6.61 Å². The number of hydrogen-bond donors (Lipinski definition) is 1. The van der Waals surface area contributed by atoms with Gasteiger partial charge in [-0.1, -0.05) is 11.8 Å². The minimum Gasteiger partial charge on any atom is -0.493 e. The molecular formula is C11H16N2O3S. The summed E-state index contributed by atoms with van der Waals surface area (Å²) in [5.41, 5.74) is 1.31. The van der Waals surface area contributed by atoms with Crippen LogP contribution in [0.5, 0.6) is 5.88 Å². The van der Waals surface area contributed by atoms with Crippen molar-refractivity contribution in [3.05, 3.63) is 11.3 Å². The fourth-order valence-corrected chi connectivity index (χ4v) is 1.81. The van der Waals surface area contributed by atoms with Gasteiger partial charge >= 0.3 is 5.97 Å². The third-order valence-electron chi connectivity index (χ3n) is 2.24. The van der Waals surface area contributed by atoms with E-state index in [1.165, 1.54) is 11.8 Å². The van der Waals surface area contributed by atoms with Crippen LogP contribution in [-0.2, 0) is 16.0 Å². The van der Waals surface area contributed by atoms with E-state index in [-0.39, 0.29) is 18.3 Å². The van der Waals surface area contributed by atoms with Crippen LogP contribution >= 0.6 is 11.8 Å². The van der Waals surface area contributed by atoms with Crippen molar-refractivity contribution < 1.29 is 14.6 Å². The third kappa shape index (κ3) is 3.89. The van der Waals surface area contributed by atoms with Gasteiger partial charge in [0.25, 0.3) is 0 Å². The maximum absolute atomic E-state index is 11.2. The van der Waals surface area contributed by atoms with E-state index < -0.39 is 0 Å². The highest BCUT2D eigenvalue weighted by molar-refractivity contribution is 7.98. The maximum atomic E-state index is 11.2. The van der Waals surface area contributed by atoms with Crippen LogP contribution in [0.15, 0.2) is 5.16 Å². The molecule has 17 heavy (non-hydrogen) atoms. The van der Waals surface area contributed by atoms with Gasteiger partial charge < -0.3 is 9.84 Å². The van der Waals surface area contributed by atoms with E-state index in [1.54, 1.807) is 13.8 Å². The second-order valence-corrected chi connectivity index (χ2v) is 4.18. The van der Waals surface area contributed by atoms with Gasteiger partial charge in [0, 0.05) is 17.7 Å². The molecule has 1 heterocycles. The summed E-state index contributed by atoms with van der Waals surface area (Å²) in [6.45, 7) is 3.92. The van der Waals surface area contributed by atoms with Gasteiger partial charge in [-0.05, 0) is 26.5 Å². The predicted molar refractivity (Wildman–Crippen MR) is 65.2 cm³/mol. The molecule has 94 valence electrons. The minimum atomic E-state index is -0.278. The second-order valence-electron chi connectivity index (χ2n) is 3.40. The number of thioether (sulfide) groups is 1. The fourth-order valence-electron chi connectivity index (χ4n) is 1.40. The van der Waals surface area contributed by atoms with Crippen molar-refractivity contribution in [3.63, 3.8) is 0 Å². The lowest BCUT2D eigenvalue weighted by molar-refractivity contribution is -0.143. The van der Waals surface area contributed by atoms with Crippen molar-refractivity contribution in [1.82, 2.24) is 9.97 Å². The third-order valence-corrected chi connectivity index (χ3v) is 2.79. The Balaban J connectivity index is 2.74. The van der Waals surface area contributed by atoms with Gasteiger partial charge in [-0.15, -0.1) is 0 Å². The summed E-state index contributed by atoms with van der Waals surface area (Å²) >= 11 is 1.36. The Labute approximate surface area is 105 Å². The van der Waals surface area contributed by atoms with Gasteiger partial charge in [0.15, 0.2) is 5.16 Å². The molecule has 0 saturated carbocycles. The first kappa shape index (κ1) is 13.8. The zero-order valence-corrected chi connectivity index (χ0v) is 11.0. The maximum Gasteiger partial charge on any atom is 0.306 e. The predicted octanol–water partition coefficient (Wildman–Crippen LogP) is 1.71. The van der Waals surface area contributed by atoms with E-state index in [0.717, 1.165) is 0 Å². The Hall–Kier alpha value is -1.30. The molecule has 0 bridgehead atoms. The summed E-state index contributed by atoms with van der Waals surface area (Å²) in [6.07, 6.45) is 2.46. The highest BCUT2D eigenvalue weighted by Crippen LogP contribution is 2.22. The second kappa shape index (κ2) is 6.44. The molecule has 0 aliphatic rings. The molecule has 0 unspecified atom stereocenters. The van der Waals surface area contributed by atoms with Gasteiger partial charge in [-0.2, -0.15) is 4.98 Å². The molecule has 1 rings (SSSR count). The zero-order valence-electron chi connectivity index (χ0n) is 10.2. The first-order valence-electron chi connectivity index (χ1n) is 5.34. The monoisotopic (exact) mass is 256 g/mol. The lowest BCUT2D eigenvalue weighted by Crippen LogP contribution is -2.07. The van der Waals surface area contributed by atoms with Crippen molar-refractivity contribution in [3.8, 4) is 5.88 Å². The molecule has 0 fully saturated rings. The summed E-state index contributed by atoms with van der Waals surface area (Å²) in [5.74, 6) is -0.327. The van der Waals surface area contributed by atoms with E-state index in [9.17, 15) is 9.90 Å². The quantitative estimate of drug-likeness (QED) is 0.491. The van der Waals surface area contributed by atoms with Crippen LogP contribution in [0.1, 0.15) is 24.6 Å². The van der Waals surface area contributed by atoms with E-state index >= 15 is 0 Å². The molecule has 1 aromatic rings. The highest BCUT2D eigenvalue weighted by atomic mass is 32.2. The Morgan fingerprint density at radius 3 is 2.71 bits per heavy atom. The zero-order chi connectivity index (χ0) is 12.8. The molecule has 1 aromatic heterocycles. The van der Waals surface area contributed by atoms with Crippen molar-refractivity contribution in [2.24, 2.45) is 0 Å². The fraction of sp³-hybridized carbons (Fsp3) is 0.545. The van der Waals surface area contributed by atoms with Gasteiger partial charge in [-0.3, -0.25) is 4.79 Å². The van der Waals surface area contributed by atoms with Crippen molar-refractivity contribution in [1.29, 1.82) is 0 Å². The number of carbonyl (C=O) groups is 1. The highest BCUT2D eigenvalue weighted by Gasteiger charge is 2.12. The molecule has 0 saturated heterocycles. The number of carbonyl (C=O) groups excluding carboxylic acids is 1. The van der Waals surface area contributed by atoms with Crippen LogP contribution in [0.2, 0.25) is 0 Å². The van der Waals surface area contributed by atoms with Crippen LogP contribution in [0.25, 0.3) is 0 Å². The molecule has 0 aliphatic heterocycles. The molecule has 0 aromatic carbocycles. The smallest absolute Gasteiger partial charge is 0.306 e. The van der Waals surface area contributed by atoms with Crippen molar-refractivity contribution in [2.75, 3.05) is 12.9 Å². The SMILES string of the molecule is CCOC(=O)CCc1c(C)nc(SC)nc1O. The number of rotatable bonds is 5. The van der Waals surface area contributed by atoms with Gasteiger partial charge in [0.1, 0.15) is 0 Å². The summed E-state index contributed by atoms with van der Waals surface area (Å²) in [7, 11) is 0. The lowest BCUT2D eigenvalue weighted by atomic mass is 10.1. The Morgan fingerprint density at radius 2 is 2.18 bits per heavy atom. The van der Waals surface area contributed by atoms with Crippen molar-refractivity contribution >= 4 is 17.7 Å². The summed E-state index contributed by atoms with van der Waals surface area (Å²) < 4.78 is 4.82. The van der Waals surface area contributed by atoms with Gasteiger partial charge in [-0.25, -0.2) is 4.98 Å². The van der Waals surface area contributed by atoms with Crippen LogP contribution < -0.4 is 0 Å². The summed E-state index contributed by atoms with van der Waals surface area (Å²) in [5, 5.41) is 10.3. The molecule has 0 amide bonds. The molecule has 0 aliphatic carbocycles.